The second-order valence-corrected chi connectivity index (χ2v) is 4.01. The molecule has 1 aromatic heterocycles. The molecule has 0 unspecified atom stereocenters. The first kappa shape index (κ1) is 10.4. The molecule has 3 rings (SSSR count). The minimum atomic E-state index is -0.572. The lowest BCUT2D eigenvalue weighted by atomic mass is 10.1. The zero-order valence-electron chi connectivity index (χ0n) is 9.08. The summed E-state index contributed by atoms with van der Waals surface area (Å²) < 4.78 is 29.3. The maximum absolute atomic E-state index is 13.7. The van der Waals surface area contributed by atoms with Crippen molar-refractivity contribution in [1.29, 1.82) is 0 Å². The van der Waals surface area contributed by atoms with Crippen molar-refractivity contribution in [1.82, 2.24) is 14.9 Å². The number of imidazole rings is 1. The average Bonchev–Trinajstić information content (AvgIpc) is 2.73. The van der Waals surface area contributed by atoms with Crippen molar-refractivity contribution in [2.45, 2.75) is 13.1 Å². The number of fused-ring (bicyclic) bond motifs is 1. The van der Waals surface area contributed by atoms with Crippen molar-refractivity contribution >= 4 is 0 Å². The van der Waals surface area contributed by atoms with Crippen LogP contribution in [0.2, 0.25) is 0 Å². The lowest BCUT2D eigenvalue weighted by Crippen LogP contribution is -2.27. The topological polar surface area (TPSA) is 29.9 Å². The highest BCUT2D eigenvalue weighted by atomic mass is 19.1. The predicted molar refractivity (Wildman–Crippen MR) is 59.3 cm³/mol. The van der Waals surface area contributed by atoms with Gasteiger partial charge in [0, 0.05) is 19.6 Å². The fourth-order valence-electron chi connectivity index (χ4n) is 2.12. The maximum atomic E-state index is 13.7. The summed E-state index contributed by atoms with van der Waals surface area (Å²) >= 11 is 0. The van der Waals surface area contributed by atoms with Gasteiger partial charge in [0.15, 0.2) is 0 Å². The van der Waals surface area contributed by atoms with Gasteiger partial charge in [-0.05, 0) is 12.1 Å². The number of aromatic nitrogens is 2. The lowest BCUT2D eigenvalue weighted by Gasteiger charge is -2.16. The summed E-state index contributed by atoms with van der Waals surface area (Å²) in [4.78, 5) is 4.13. The molecule has 0 atom stereocenters. The standard InChI is InChI=1S/C12H11F2N3/c13-8-2-1-3-9(14)11(8)12-10-6-15-4-5-17(10)7-16-12/h1-3,7,15H,4-6H2. The predicted octanol–water partition coefficient (Wildman–Crippen LogP) is 1.93. The van der Waals surface area contributed by atoms with E-state index in [1.165, 1.54) is 18.2 Å². The highest BCUT2D eigenvalue weighted by Gasteiger charge is 2.20. The Morgan fingerprint density at radius 3 is 2.76 bits per heavy atom. The number of benzene rings is 1. The van der Waals surface area contributed by atoms with Gasteiger partial charge in [-0.15, -0.1) is 0 Å². The molecule has 0 saturated carbocycles. The highest BCUT2D eigenvalue weighted by molar-refractivity contribution is 5.63. The molecule has 0 radical (unpaired) electrons. The van der Waals surface area contributed by atoms with Crippen LogP contribution in [0.1, 0.15) is 5.69 Å². The van der Waals surface area contributed by atoms with E-state index in [-0.39, 0.29) is 5.56 Å². The zero-order valence-corrected chi connectivity index (χ0v) is 9.08. The van der Waals surface area contributed by atoms with E-state index in [1.807, 2.05) is 4.57 Å². The monoisotopic (exact) mass is 235 g/mol. The SMILES string of the molecule is Fc1cccc(F)c1-c1ncn2c1CNCC2. The maximum Gasteiger partial charge on any atom is 0.135 e. The molecule has 1 N–H and O–H groups in total. The molecule has 2 aromatic rings. The van der Waals surface area contributed by atoms with E-state index in [1.54, 1.807) is 6.33 Å². The minimum absolute atomic E-state index is 0.0371. The molecule has 1 aromatic carbocycles. The summed E-state index contributed by atoms with van der Waals surface area (Å²) in [6.07, 6.45) is 1.64. The van der Waals surface area contributed by atoms with Gasteiger partial charge >= 0.3 is 0 Å². The van der Waals surface area contributed by atoms with Crippen LogP contribution >= 0.6 is 0 Å². The summed E-state index contributed by atoms with van der Waals surface area (Å²) in [5.74, 6) is -1.14. The Morgan fingerprint density at radius 2 is 2.00 bits per heavy atom. The molecule has 2 heterocycles. The minimum Gasteiger partial charge on any atom is -0.332 e. The smallest absolute Gasteiger partial charge is 0.135 e. The molecule has 17 heavy (non-hydrogen) atoms. The number of nitrogens with one attached hydrogen (secondary N) is 1. The summed E-state index contributed by atoms with van der Waals surface area (Å²) in [6, 6.07) is 3.86. The lowest BCUT2D eigenvalue weighted by molar-refractivity contribution is 0.516. The quantitative estimate of drug-likeness (QED) is 0.818. The van der Waals surface area contributed by atoms with Gasteiger partial charge in [-0.1, -0.05) is 6.07 Å². The third-order valence-electron chi connectivity index (χ3n) is 2.97. The van der Waals surface area contributed by atoms with Gasteiger partial charge < -0.3 is 9.88 Å². The number of hydrogen-bond acceptors (Lipinski definition) is 2. The summed E-state index contributed by atoms with van der Waals surface area (Å²) in [7, 11) is 0. The molecule has 1 aliphatic heterocycles. The van der Waals surface area contributed by atoms with Crippen LogP contribution in [0.15, 0.2) is 24.5 Å². The van der Waals surface area contributed by atoms with Gasteiger partial charge in [0.25, 0.3) is 0 Å². The second-order valence-electron chi connectivity index (χ2n) is 4.01. The van der Waals surface area contributed by atoms with E-state index < -0.39 is 11.6 Å². The van der Waals surface area contributed by atoms with Crippen LogP contribution in [-0.4, -0.2) is 16.1 Å². The van der Waals surface area contributed by atoms with Crippen LogP contribution in [0.4, 0.5) is 8.78 Å². The van der Waals surface area contributed by atoms with Crippen molar-refractivity contribution in [2.24, 2.45) is 0 Å². The molecule has 0 bridgehead atoms. The fourth-order valence-corrected chi connectivity index (χ4v) is 2.12. The fraction of sp³-hybridized carbons (Fsp3) is 0.250. The molecule has 3 nitrogen and oxygen atoms in total. The average molecular weight is 235 g/mol. The van der Waals surface area contributed by atoms with E-state index in [4.69, 9.17) is 0 Å². The van der Waals surface area contributed by atoms with E-state index >= 15 is 0 Å². The number of halogens is 2. The van der Waals surface area contributed by atoms with Crippen LogP contribution < -0.4 is 5.32 Å². The molecule has 0 spiro atoms. The Hall–Kier alpha value is -1.75. The van der Waals surface area contributed by atoms with Gasteiger partial charge in [-0.25, -0.2) is 13.8 Å². The third kappa shape index (κ3) is 1.63. The third-order valence-corrected chi connectivity index (χ3v) is 2.97. The van der Waals surface area contributed by atoms with Gasteiger partial charge in [-0.3, -0.25) is 0 Å². The largest absolute Gasteiger partial charge is 0.332 e. The van der Waals surface area contributed by atoms with Gasteiger partial charge in [0.05, 0.1) is 23.3 Å². The Labute approximate surface area is 97.1 Å². The van der Waals surface area contributed by atoms with E-state index in [2.05, 4.69) is 10.3 Å². The van der Waals surface area contributed by atoms with Gasteiger partial charge in [0.2, 0.25) is 0 Å². The first-order chi connectivity index (χ1) is 8.27. The molecular weight excluding hydrogens is 224 g/mol. The molecule has 0 saturated heterocycles. The van der Waals surface area contributed by atoms with Crippen LogP contribution in [-0.2, 0) is 13.1 Å². The van der Waals surface area contributed by atoms with Gasteiger partial charge in [0.1, 0.15) is 11.6 Å². The molecular formula is C12H11F2N3. The number of rotatable bonds is 1. The Balaban J connectivity index is 2.19. The molecule has 0 amide bonds. The molecule has 0 aliphatic carbocycles. The molecule has 0 fully saturated rings. The van der Waals surface area contributed by atoms with Crippen LogP contribution in [0, 0.1) is 11.6 Å². The number of hydrogen-bond donors (Lipinski definition) is 1. The Bertz CT molecular complexity index is 543. The Morgan fingerprint density at radius 1 is 1.24 bits per heavy atom. The van der Waals surface area contributed by atoms with Crippen LogP contribution in [0.25, 0.3) is 11.3 Å². The first-order valence-electron chi connectivity index (χ1n) is 5.46. The summed E-state index contributed by atoms with van der Waals surface area (Å²) in [5.41, 5.74) is 1.19. The van der Waals surface area contributed by atoms with Crippen molar-refractivity contribution in [3.8, 4) is 11.3 Å². The molecule has 5 heteroatoms. The van der Waals surface area contributed by atoms with Gasteiger partial charge in [-0.2, -0.15) is 0 Å². The molecule has 1 aliphatic rings. The molecule has 88 valence electrons. The van der Waals surface area contributed by atoms with Crippen molar-refractivity contribution in [2.75, 3.05) is 6.54 Å². The van der Waals surface area contributed by atoms with Crippen LogP contribution in [0.5, 0.6) is 0 Å². The normalized spacial score (nSPS) is 14.7. The second kappa shape index (κ2) is 3.92. The van der Waals surface area contributed by atoms with Crippen LogP contribution in [0.3, 0.4) is 0 Å². The number of nitrogens with zero attached hydrogens (tertiary/aromatic N) is 2. The van der Waals surface area contributed by atoms with E-state index in [0.29, 0.717) is 12.2 Å². The van der Waals surface area contributed by atoms with Crippen molar-refractivity contribution in [3.05, 3.63) is 41.9 Å². The van der Waals surface area contributed by atoms with E-state index in [9.17, 15) is 8.78 Å². The summed E-state index contributed by atoms with van der Waals surface area (Å²) in [5, 5.41) is 3.17. The first-order valence-corrected chi connectivity index (χ1v) is 5.46. The Kier molecular flexibility index (Phi) is 2.40. The summed E-state index contributed by atoms with van der Waals surface area (Å²) in [6.45, 7) is 2.21. The van der Waals surface area contributed by atoms with E-state index in [0.717, 1.165) is 18.8 Å². The van der Waals surface area contributed by atoms with Crippen molar-refractivity contribution in [3.63, 3.8) is 0 Å². The zero-order chi connectivity index (χ0) is 11.8. The van der Waals surface area contributed by atoms with Crippen molar-refractivity contribution < 1.29 is 8.78 Å². The highest BCUT2D eigenvalue weighted by Crippen LogP contribution is 2.28.